The molecule has 3 aliphatic rings. The van der Waals surface area contributed by atoms with Gasteiger partial charge in [-0.1, -0.05) is 12.1 Å². The molecule has 102 valence electrons. The average Bonchev–Trinajstić information content (AvgIpc) is 2.98. The molecule has 1 N–H and O–H groups in total. The van der Waals surface area contributed by atoms with Gasteiger partial charge in [0.25, 0.3) is 0 Å². The zero-order chi connectivity index (χ0) is 12.9. The highest BCUT2D eigenvalue weighted by Gasteiger charge is 2.63. The first-order chi connectivity index (χ1) is 9.30. The number of hydrogen-bond acceptors (Lipinski definition) is 3. The molecule has 3 heteroatoms. The number of nitrogens with one attached hydrogen (secondary N) is 1. The lowest BCUT2D eigenvalue weighted by molar-refractivity contribution is -0.0986. The Balaban J connectivity index is 1.73. The van der Waals surface area contributed by atoms with Crippen LogP contribution in [0, 0.1) is 5.41 Å². The summed E-state index contributed by atoms with van der Waals surface area (Å²) in [5, 5.41) is 3.39. The number of fused-ring (bicyclic) bond motifs is 1. The SMILES string of the molecule is CNCC1(C2(c3ccc4c(c3)CCO4)COC2)CC1. The summed E-state index contributed by atoms with van der Waals surface area (Å²) in [5.74, 6) is 1.08. The van der Waals surface area contributed by atoms with Gasteiger partial charge in [-0.15, -0.1) is 0 Å². The predicted molar refractivity (Wildman–Crippen MR) is 73.7 cm³/mol. The normalized spacial score (nSPS) is 25.3. The maximum atomic E-state index is 5.63. The van der Waals surface area contributed by atoms with E-state index >= 15 is 0 Å². The Labute approximate surface area is 114 Å². The van der Waals surface area contributed by atoms with E-state index in [0.29, 0.717) is 5.41 Å². The molecule has 19 heavy (non-hydrogen) atoms. The van der Waals surface area contributed by atoms with Gasteiger partial charge in [0.2, 0.25) is 0 Å². The maximum Gasteiger partial charge on any atom is 0.122 e. The Morgan fingerprint density at radius 3 is 2.74 bits per heavy atom. The standard InChI is InChI=1S/C16H21NO2/c1-17-9-15(5-6-15)16(10-18-11-16)13-2-3-14-12(8-13)4-7-19-14/h2-3,8,17H,4-7,9-11H2,1H3. The Morgan fingerprint density at radius 1 is 1.26 bits per heavy atom. The van der Waals surface area contributed by atoms with Gasteiger partial charge in [-0.25, -0.2) is 0 Å². The summed E-state index contributed by atoms with van der Waals surface area (Å²) in [4.78, 5) is 0. The van der Waals surface area contributed by atoms with Gasteiger partial charge in [-0.3, -0.25) is 0 Å². The Bertz CT molecular complexity index is 503. The van der Waals surface area contributed by atoms with Crippen molar-refractivity contribution in [2.45, 2.75) is 24.7 Å². The molecule has 3 nitrogen and oxygen atoms in total. The van der Waals surface area contributed by atoms with E-state index in [-0.39, 0.29) is 5.41 Å². The number of benzene rings is 1. The van der Waals surface area contributed by atoms with E-state index in [2.05, 4.69) is 30.6 Å². The molecule has 0 amide bonds. The fourth-order valence-electron chi connectivity index (χ4n) is 3.88. The van der Waals surface area contributed by atoms with Crippen molar-refractivity contribution in [1.29, 1.82) is 0 Å². The fraction of sp³-hybridized carbons (Fsp3) is 0.625. The molecule has 0 unspecified atom stereocenters. The van der Waals surface area contributed by atoms with Crippen molar-refractivity contribution >= 4 is 0 Å². The van der Waals surface area contributed by atoms with E-state index in [1.54, 1.807) is 0 Å². The maximum absolute atomic E-state index is 5.63. The van der Waals surface area contributed by atoms with Crippen LogP contribution in [-0.2, 0) is 16.6 Å². The molecule has 0 atom stereocenters. The quantitative estimate of drug-likeness (QED) is 0.895. The largest absolute Gasteiger partial charge is 0.493 e. The van der Waals surface area contributed by atoms with Gasteiger partial charge in [0.15, 0.2) is 0 Å². The van der Waals surface area contributed by atoms with Crippen molar-refractivity contribution in [2.24, 2.45) is 5.41 Å². The molecule has 1 aromatic rings. The molecule has 1 saturated carbocycles. The molecule has 1 saturated heterocycles. The van der Waals surface area contributed by atoms with Gasteiger partial charge in [-0.05, 0) is 42.5 Å². The number of hydrogen-bond donors (Lipinski definition) is 1. The molecule has 2 heterocycles. The Kier molecular flexibility index (Phi) is 2.45. The van der Waals surface area contributed by atoms with Crippen molar-refractivity contribution in [3.8, 4) is 5.75 Å². The highest BCUT2D eigenvalue weighted by atomic mass is 16.5. The lowest BCUT2D eigenvalue weighted by Gasteiger charge is -2.48. The van der Waals surface area contributed by atoms with Crippen LogP contribution in [-0.4, -0.2) is 33.4 Å². The van der Waals surface area contributed by atoms with Crippen LogP contribution in [0.5, 0.6) is 5.75 Å². The van der Waals surface area contributed by atoms with Crippen LogP contribution in [0.1, 0.15) is 24.0 Å². The average molecular weight is 259 g/mol. The highest BCUT2D eigenvalue weighted by molar-refractivity contribution is 5.45. The van der Waals surface area contributed by atoms with Gasteiger partial charge >= 0.3 is 0 Å². The second-order valence-corrected chi connectivity index (χ2v) is 6.31. The van der Waals surface area contributed by atoms with Gasteiger partial charge in [0, 0.05) is 18.4 Å². The van der Waals surface area contributed by atoms with Gasteiger partial charge in [0.05, 0.1) is 19.8 Å². The van der Waals surface area contributed by atoms with E-state index < -0.39 is 0 Å². The fourth-order valence-corrected chi connectivity index (χ4v) is 3.88. The number of rotatable bonds is 4. The molecule has 2 aliphatic heterocycles. The Hall–Kier alpha value is -1.06. The zero-order valence-electron chi connectivity index (χ0n) is 11.5. The summed E-state index contributed by atoms with van der Waals surface area (Å²) in [7, 11) is 2.06. The lowest BCUT2D eigenvalue weighted by Crippen LogP contribution is -2.56. The molecule has 0 bridgehead atoms. The van der Waals surface area contributed by atoms with Crippen LogP contribution < -0.4 is 10.1 Å². The topological polar surface area (TPSA) is 30.5 Å². The minimum absolute atomic E-state index is 0.244. The summed E-state index contributed by atoms with van der Waals surface area (Å²) >= 11 is 0. The molecular formula is C16H21NO2. The van der Waals surface area contributed by atoms with E-state index in [0.717, 1.165) is 38.5 Å². The summed E-state index contributed by atoms with van der Waals surface area (Å²) in [6.07, 6.45) is 3.70. The molecule has 0 spiro atoms. The molecular weight excluding hydrogens is 238 g/mol. The molecule has 2 fully saturated rings. The number of ether oxygens (including phenoxy) is 2. The molecule has 0 radical (unpaired) electrons. The third kappa shape index (κ3) is 1.52. The third-order valence-corrected chi connectivity index (χ3v) is 5.32. The van der Waals surface area contributed by atoms with E-state index in [1.807, 2.05) is 0 Å². The van der Waals surface area contributed by atoms with Gasteiger partial charge in [0.1, 0.15) is 5.75 Å². The summed E-state index contributed by atoms with van der Waals surface area (Å²) < 4.78 is 11.2. The van der Waals surface area contributed by atoms with Crippen molar-refractivity contribution in [1.82, 2.24) is 5.32 Å². The molecule has 4 rings (SSSR count). The van der Waals surface area contributed by atoms with Gasteiger partial charge in [-0.2, -0.15) is 0 Å². The second-order valence-electron chi connectivity index (χ2n) is 6.31. The lowest BCUT2D eigenvalue weighted by atomic mass is 9.65. The minimum Gasteiger partial charge on any atom is -0.493 e. The van der Waals surface area contributed by atoms with Crippen molar-refractivity contribution in [3.63, 3.8) is 0 Å². The first-order valence-corrected chi connectivity index (χ1v) is 7.28. The first kappa shape index (κ1) is 11.7. The van der Waals surface area contributed by atoms with Gasteiger partial charge < -0.3 is 14.8 Å². The third-order valence-electron chi connectivity index (χ3n) is 5.32. The monoisotopic (exact) mass is 259 g/mol. The summed E-state index contributed by atoms with van der Waals surface area (Å²) in [6.45, 7) is 3.70. The smallest absolute Gasteiger partial charge is 0.122 e. The van der Waals surface area contributed by atoms with E-state index in [1.165, 1.54) is 24.0 Å². The molecule has 1 aliphatic carbocycles. The van der Waals surface area contributed by atoms with Crippen LogP contribution in [0.2, 0.25) is 0 Å². The summed E-state index contributed by atoms with van der Waals surface area (Å²) in [5.41, 5.74) is 3.52. The van der Waals surface area contributed by atoms with E-state index in [4.69, 9.17) is 9.47 Å². The Morgan fingerprint density at radius 2 is 2.11 bits per heavy atom. The van der Waals surface area contributed by atoms with Crippen LogP contribution in [0.25, 0.3) is 0 Å². The van der Waals surface area contributed by atoms with Crippen molar-refractivity contribution in [3.05, 3.63) is 29.3 Å². The van der Waals surface area contributed by atoms with E-state index in [9.17, 15) is 0 Å². The molecule has 1 aromatic carbocycles. The zero-order valence-corrected chi connectivity index (χ0v) is 11.5. The second kappa shape index (κ2) is 3.97. The van der Waals surface area contributed by atoms with Crippen LogP contribution in [0.3, 0.4) is 0 Å². The predicted octanol–water partition coefficient (Wildman–Crippen LogP) is 1.89. The van der Waals surface area contributed by atoms with Crippen LogP contribution in [0.15, 0.2) is 18.2 Å². The van der Waals surface area contributed by atoms with Crippen LogP contribution in [0.4, 0.5) is 0 Å². The van der Waals surface area contributed by atoms with Crippen molar-refractivity contribution < 1.29 is 9.47 Å². The molecule has 0 aromatic heterocycles. The van der Waals surface area contributed by atoms with Crippen LogP contribution >= 0.6 is 0 Å². The summed E-state index contributed by atoms with van der Waals surface area (Å²) in [6, 6.07) is 6.80. The minimum atomic E-state index is 0.244. The first-order valence-electron chi connectivity index (χ1n) is 7.28. The van der Waals surface area contributed by atoms with Crippen molar-refractivity contribution in [2.75, 3.05) is 33.4 Å². The highest BCUT2D eigenvalue weighted by Crippen LogP contribution is 2.62.